The third-order valence-electron chi connectivity index (χ3n) is 4.98. The van der Waals surface area contributed by atoms with Gasteiger partial charge in [-0.1, -0.05) is 13.3 Å². The normalized spacial score (nSPS) is 23.3. The van der Waals surface area contributed by atoms with Gasteiger partial charge in [0.25, 0.3) is 5.69 Å². The van der Waals surface area contributed by atoms with Crippen LogP contribution < -0.4 is 5.43 Å². The summed E-state index contributed by atoms with van der Waals surface area (Å²) in [5.41, 5.74) is 3.64. The molecule has 2 aliphatic rings. The molecule has 1 aromatic carbocycles. The number of rotatable bonds is 5. The number of nitrogens with one attached hydrogen (secondary N) is 1. The highest BCUT2D eigenvalue weighted by atomic mass is 32.2. The van der Waals surface area contributed by atoms with Crippen molar-refractivity contribution >= 4 is 27.1 Å². The van der Waals surface area contributed by atoms with Crippen molar-refractivity contribution in [3.05, 3.63) is 28.3 Å². The van der Waals surface area contributed by atoms with Crippen LogP contribution >= 0.6 is 0 Å². The van der Waals surface area contributed by atoms with E-state index in [1.165, 1.54) is 16.4 Å². The zero-order valence-electron chi connectivity index (χ0n) is 15.3. The number of morpholine rings is 1. The first-order chi connectivity index (χ1) is 12.9. The maximum Gasteiger partial charge on any atom is 0.295 e. The number of nitrogens with zero attached hydrogens (tertiary/aromatic N) is 3. The lowest BCUT2D eigenvalue weighted by Crippen LogP contribution is -2.40. The smallest absolute Gasteiger partial charge is 0.295 e. The first-order valence-corrected chi connectivity index (χ1v) is 10.5. The third-order valence-corrected chi connectivity index (χ3v) is 6.88. The lowest BCUT2D eigenvalue weighted by Gasteiger charge is -2.26. The van der Waals surface area contributed by atoms with Crippen molar-refractivity contribution in [2.45, 2.75) is 37.5 Å². The van der Waals surface area contributed by atoms with Gasteiger partial charge in [-0.3, -0.25) is 15.5 Å². The van der Waals surface area contributed by atoms with E-state index in [1.54, 1.807) is 0 Å². The molecular formula is C17H24N4O5S. The summed E-state index contributed by atoms with van der Waals surface area (Å²) in [5.74, 6) is 0.339. The molecule has 1 unspecified atom stereocenters. The molecule has 0 spiro atoms. The summed E-state index contributed by atoms with van der Waals surface area (Å²) in [7, 11) is -3.79. The average Bonchev–Trinajstić information content (AvgIpc) is 2.68. The second kappa shape index (κ2) is 8.32. The van der Waals surface area contributed by atoms with Crippen LogP contribution in [-0.4, -0.2) is 49.7 Å². The first kappa shape index (κ1) is 19.7. The summed E-state index contributed by atoms with van der Waals surface area (Å²) in [6.07, 6.45) is 4.14. The van der Waals surface area contributed by atoms with Crippen LogP contribution in [0.4, 0.5) is 11.4 Å². The van der Waals surface area contributed by atoms with Gasteiger partial charge in [0.05, 0.1) is 23.0 Å². The van der Waals surface area contributed by atoms with Crippen molar-refractivity contribution in [2.24, 2.45) is 11.0 Å². The van der Waals surface area contributed by atoms with Gasteiger partial charge in [0.2, 0.25) is 10.0 Å². The fourth-order valence-corrected chi connectivity index (χ4v) is 4.75. The molecule has 1 saturated carbocycles. The maximum atomic E-state index is 12.7. The Hall–Kier alpha value is -2.04. The molecule has 9 nitrogen and oxygen atoms in total. The van der Waals surface area contributed by atoms with Gasteiger partial charge >= 0.3 is 0 Å². The molecule has 1 aromatic rings. The highest BCUT2D eigenvalue weighted by Crippen LogP contribution is 2.30. The summed E-state index contributed by atoms with van der Waals surface area (Å²) in [6, 6.07) is 3.88. The summed E-state index contributed by atoms with van der Waals surface area (Å²) >= 11 is 0. The Balaban J connectivity index is 1.86. The number of benzene rings is 1. The predicted molar refractivity (Wildman–Crippen MR) is 101 cm³/mol. The zero-order valence-corrected chi connectivity index (χ0v) is 16.1. The largest absolute Gasteiger partial charge is 0.379 e. The summed E-state index contributed by atoms with van der Waals surface area (Å²) < 4.78 is 31.9. The van der Waals surface area contributed by atoms with E-state index >= 15 is 0 Å². The predicted octanol–water partition coefficient (Wildman–Crippen LogP) is 2.59. The quantitative estimate of drug-likeness (QED) is 0.604. The van der Waals surface area contributed by atoms with Crippen LogP contribution in [0.3, 0.4) is 0 Å². The Morgan fingerprint density at radius 3 is 2.70 bits per heavy atom. The number of hydrazone groups is 1. The Kier molecular flexibility index (Phi) is 6.08. The van der Waals surface area contributed by atoms with Gasteiger partial charge in [-0.25, -0.2) is 8.42 Å². The number of nitro benzene ring substituents is 1. The molecule has 2 fully saturated rings. The molecule has 10 heteroatoms. The number of sulfonamides is 1. The molecule has 1 aliphatic heterocycles. The molecule has 3 rings (SSSR count). The lowest BCUT2D eigenvalue weighted by molar-refractivity contribution is -0.384. The summed E-state index contributed by atoms with van der Waals surface area (Å²) in [5, 5.41) is 15.8. The second-order valence-electron chi connectivity index (χ2n) is 6.81. The molecule has 1 saturated heterocycles. The van der Waals surface area contributed by atoms with Crippen LogP contribution in [0.15, 0.2) is 28.2 Å². The number of ether oxygens (including phenoxy) is 1. The molecule has 1 N–H and O–H groups in total. The molecule has 0 radical (unpaired) electrons. The van der Waals surface area contributed by atoms with Crippen molar-refractivity contribution in [2.75, 3.05) is 31.7 Å². The van der Waals surface area contributed by atoms with Crippen LogP contribution in [0.25, 0.3) is 0 Å². The number of nitro groups is 1. The Morgan fingerprint density at radius 1 is 1.30 bits per heavy atom. The van der Waals surface area contributed by atoms with E-state index in [4.69, 9.17) is 4.74 Å². The Labute approximate surface area is 158 Å². The van der Waals surface area contributed by atoms with E-state index < -0.39 is 14.9 Å². The van der Waals surface area contributed by atoms with E-state index in [-0.39, 0.29) is 29.4 Å². The lowest BCUT2D eigenvalue weighted by atomic mass is 9.89. The molecule has 1 atom stereocenters. The van der Waals surface area contributed by atoms with Gasteiger partial charge in [-0.2, -0.15) is 9.41 Å². The average molecular weight is 396 g/mol. The zero-order chi connectivity index (χ0) is 19.4. The fraction of sp³-hybridized carbons (Fsp3) is 0.588. The van der Waals surface area contributed by atoms with Crippen molar-refractivity contribution < 1.29 is 18.1 Å². The third kappa shape index (κ3) is 4.45. The van der Waals surface area contributed by atoms with E-state index in [2.05, 4.69) is 17.5 Å². The molecule has 0 amide bonds. The van der Waals surface area contributed by atoms with Crippen LogP contribution in [0.1, 0.15) is 32.6 Å². The Bertz CT molecular complexity index is 834. The van der Waals surface area contributed by atoms with Gasteiger partial charge in [-0.15, -0.1) is 0 Å². The highest BCUT2D eigenvalue weighted by molar-refractivity contribution is 7.89. The highest BCUT2D eigenvalue weighted by Gasteiger charge is 2.29. The van der Waals surface area contributed by atoms with Gasteiger partial charge in [-0.05, 0) is 37.3 Å². The summed E-state index contributed by atoms with van der Waals surface area (Å²) in [4.78, 5) is 10.8. The molecule has 27 heavy (non-hydrogen) atoms. The molecule has 0 aromatic heterocycles. The van der Waals surface area contributed by atoms with Gasteiger partial charge < -0.3 is 4.74 Å². The number of hydrogen-bond donors (Lipinski definition) is 1. The minimum atomic E-state index is -3.79. The Morgan fingerprint density at radius 2 is 2.04 bits per heavy atom. The van der Waals surface area contributed by atoms with Crippen molar-refractivity contribution in [3.63, 3.8) is 0 Å². The van der Waals surface area contributed by atoms with Crippen LogP contribution in [0, 0.1) is 16.0 Å². The van der Waals surface area contributed by atoms with Crippen LogP contribution in [0.2, 0.25) is 0 Å². The van der Waals surface area contributed by atoms with Gasteiger partial charge in [0.15, 0.2) is 0 Å². The fourth-order valence-electron chi connectivity index (χ4n) is 3.32. The monoisotopic (exact) mass is 396 g/mol. The van der Waals surface area contributed by atoms with Crippen LogP contribution in [0.5, 0.6) is 0 Å². The topological polar surface area (TPSA) is 114 Å². The van der Waals surface area contributed by atoms with Crippen molar-refractivity contribution in [1.29, 1.82) is 0 Å². The van der Waals surface area contributed by atoms with E-state index in [0.717, 1.165) is 37.5 Å². The standard InChI is InChI=1S/C17H24N4O5S/c1-13-4-2-3-5-15(13)18-19-16-7-6-14(12-17(16)21(22)23)27(24,25)20-8-10-26-11-9-20/h6-7,12-13,19H,2-5,8-11H2,1H3. The molecular weight excluding hydrogens is 372 g/mol. The SMILES string of the molecule is CC1CCCCC1=NNc1ccc(S(=O)(=O)N2CCOCC2)cc1[N+](=O)[O-]. The number of anilines is 1. The van der Waals surface area contributed by atoms with Gasteiger partial charge in [0, 0.05) is 24.9 Å². The van der Waals surface area contributed by atoms with Gasteiger partial charge in [0.1, 0.15) is 5.69 Å². The van der Waals surface area contributed by atoms with E-state index in [0.29, 0.717) is 19.1 Å². The second-order valence-corrected chi connectivity index (χ2v) is 8.75. The first-order valence-electron chi connectivity index (χ1n) is 9.08. The summed E-state index contributed by atoms with van der Waals surface area (Å²) in [6.45, 7) is 3.20. The van der Waals surface area contributed by atoms with Crippen molar-refractivity contribution in [3.8, 4) is 0 Å². The van der Waals surface area contributed by atoms with E-state index in [1.807, 2.05) is 0 Å². The molecule has 1 heterocycles. The minimum Gasteiger partial charge on any atom is -0.379 e. The molecule has 1 aliphatic carbocycles. The van der Waals surface area contributed by atoms with Crippen molar-refractivity contribution in [1.82, 2.24) is 4.31 Å². The molecule has 148 valence electrons. The number of hydrogen-bond acceptors (Lipinski definition) is 7. The maximum absolute atomic E-state index is 12.7. The van der Waals surface area contributed by atoms with Crippen LogP contribution in [-0.2, 0) is 14.8 Å². The van der Waals surface area contributed by atoms with E-state index in [9.17, 15) is 18.5 Å². The molecule has 0 bridgehead atoms. The minimum absolute atomic E-state index is 0.0969.